The molecular formula is C17H20Cl2N2O2S. The van der Waals surface area contributed by atoms with Crippen LogP contribution in [-0.2, 0) is 4.79 Å². The molecule has 1 aliphatic heterocycles. The van der Waals surface area contributed by atoms with Gasteiger partial charge in [-0.05, 0) is 49.8 Å². The molecule has 0 radical (unpaired) electrons. The Balaban J connectivity index is 1.60. The Morgan fingerprint density at radius 1 is 1.29 bits per heavy atom. The summed E-state index contributed by atoms with van der Waals surface area (Å²) in [5.41, 5.74) is -0.665. The highest BCUT2D eigenvalue weighted by Crippen LogP contribution is 2.36. The zero-order valence-electron chi connectivity index (χ0n) is 13.5. The standard InChI is InChI=1S/C17H20Cl2N2O2S/c1-11-4-6-17(7-5-11)15(22)21(16(23)20-17)8-9-24-14-10-12(18)2-3-13(14)19/h2-3,10-11H,4-9H2,1H3,(H,20,23). The lowest BCUT2D eigenvalue weighted by atomic mass is 9.77. The topological polar surface area (TPSA) is 49.4 Å². The molecule has 0 aromatic heterocycles. The number of nitrogens with one attached hydrogen (secondary N) is 1. The number of thioether (sulfide) groups is 1. The molecule has 1 N–H and O–H groups in total. The van der Waals surface area contributed by atoms with Crippen LogP contribution in [0.25, 0.3) is 0 Å². The molecule has 2 aliphatic rings. The van der Waals surface area contributed by atoms with Crippen molar-refractivity contribution in [2.75, 3.05) is 12.3 Å². The molecule has 0 bridgehead atoms. The van der Waals surface area contributed by atoms with Crippen LogP contribution in [0.1, 0.15) is 32.6 Å². The fourth-order valence-electron chi connectivity index (χ4n) is 3.31. The van der Waals surface area contributed by atoms with Gasteiger partial charge in [0.25, 0.3) is 5.91 Å². The van der Waals surface area contributed by atoms with E-state index in [2.05, 4.69) is 12.2 Å². The van der Waals surface area contributed by atoms with Crippen molar-refractivity contribution in [1.29, 1.82) is 0 Å². The van der Waals surface area contributed by atoms with Gasteiger partial charge in [0.15, 0.2) is 0 Å². The van der Waals surface area contributed by atoms with Crippen LogP contribution in [0.15, 0.2) is 23.1 Å². The Kier molecular flexibility index (Phi) is 5.33. The number of nitrogens with zero attached hydrogens (tertiary/aromatic N) is 1. The number of rotatable bonds is 4. The summed E-state index contributed by atoms with van der Waals surface area (Å²) in [7, 11) is 0. The van der Waals surface area contributed by atoms with E-state index < -0.39 is 5.54 Å². The van der Waals surface area contributed by atoms with E-state index in [9.17, 15) is 9.59 Å². The van der Waals surface area contributed by atoms with Gasteiger partial charge in [0.1, 0.15) is 5.54 Å². The third kappa shape index (κ3) is 3.53. The highest BCUT2D eigenvalue weighted by molar-refractivity contribution is 7.99. The molecule has 1 spiro atoms. The predicted molar refractivity (Wildman–Crippen MR) is 97.8 cm³/mol. The molecule has 1 aromatic carbocycles. The van der Waals surface area contributed by atoms with Gasteiger partial charge in [-0.15, -0.1) is 11.8 Å². The minimum absolute atomic E-state index is 0.0720. The number of urea groups is 1. The molecule has 4 nitrogen and oxygen atoms in total. The zero-order valence-corrected chi connectivity index (χ0v) is 15.8. The van der Waals surface area contributed by atoms with Gasteiger partial charge in [-0.3, -0.25) is 9.69 Å². The molecule has 24 heavy (non-hydrogen) atoms. The third-order valence-corrected chi connectivity index (χ3v) is 6.55. The summed E-state index contributed by atoms with van der Waals surface area (Å²) in [4.78, 5) is 27.2. The van der Waals surface area contributed by atoms with E-state index in [0.717, 1.165) is 30.6 Å². The molecule has 130 valence electrons. The largest absolute Gasteiger partial charge is 0.325 e. The van der Waals surface area contributed by atoms with Gasteiger partial charge < -0.3 is 5.32 Å². The Morgan fingerprint density at radius 2 is 2.00 bits per heavy atom. The molecule has 1 heterocycles. The summed E-state index contributed by atoms with van der Waals surface area (Å²) in [5, 5.41) is 4.18. The maximum absolute atomic E-state index is 12.7. The first-order valence-electron chi connectivity index (χ1n) is 8.13. The summed E-state index contributed by atoms with van der Waals surface area (Å²) in [6.07, 6.45) is 3.43. The molecule has 0 atom stereocenters. The van der Waals surface area contributed by atoms with Crippen molar-refractivity contribution in [1.82, 2.24) is 10.2 Å². The van der Waals surface area contributed by atoms with Gasteiger partial charge in [0.2, 0.25) is 0 Å². The summed E-state index contributed by atoms with van der Waals surface area (Å²) in [6.45, 7) is 2.56. The maximum atomic E-state index is 12.7. The number of benzene rings is 1. The monoisotopic (exact) mass is 386 g/mol. The van der Waals surface area contributed by atoms with E-state index in [1.807, 2.05) is 0 Å². The Bertz CT molecular complexity index is 660. The van der Waals surface area contributed by atoms with E-state index in [1.54, 1.807) is 18.2 Å². The van der Waals surface area contributed by atoms with Gasteiger partial charge in [-0.2, -0.15) is 0 Å². The molecule has 2 fully saturated rings. The van der Waals surface area contributed by atoms with Gasteiger partial charge in [-0.1, -0.05) is 30.1 Å². The first kappa shape index (κ1) is 17.9. The SMILES string of the molecule is CC1CCC2(CC1)NC(=O)N(CCSc1cc(Cl)ccc1Cl)C2=O. The second-order valence-electron chi connectivity index (χ2n) is 6.57. The molecule has 1 saturated heterocycles. The average molecular weight is 387 g/mol. The number of hydrogen-bond donors (Lipinski definition) is 1. The van der Waals surface area contributed by atoms with E-state index >= 15 is 0 Å². The third-order valence-electron chi connectivity index (χ3n) is 4.84. The van der Waals surface area contributed by atoms with Crippen LogP contribution in [-0.4, -0.2) is 34.7 Å². The molecule has 7 heteroatoms. The first-order valence-corrected chi connectivity index (χ1v) is 9.87. The van der Waals surface area contributed by atoms with Gasteiger partial charge in [0, 0.05) is 22.2 Å². The summed E-state index contributed by atoms with van der Waals surface area (Å²) in [6, 6.07) is 5.01. The predicted octanol–water partition coefficient (Wildman–Crippen LogP) is 4.59. The summed E-state index contributed by atoms with van der Waals surface area (Å²) < 4.78 is 0. The second-order valence-corrected chi connectivity index (χ2v) is 8.56. The molecule has 1 aromatic rings. The number of imide groups is 1. The maximum Gasteiger partial charge on any atom is 0.325 e. The highest BCUT2D eigenvalue weighted by Gasteiger charge is 2.51. The number of hydrogen-bond acceptors (Lipinski definition) is 3. The lowest BCUT2D eigenvalue weighted by molar-refractivity contribution is -0.132. The Hall–Kier alpha value is -0.910. The molecule has 1 saturated carbocycles. The van der Waals surface area contributed by atoms with Crippen molar-refractivity contribution < 1.29 is 9.59 Å². The first-order chi connectivity index (χ1) is 11.4. The average Bonchev–Trinajstić information content (AvgIpc) is 2.78. The summed E-state index contributed by atoms with van der Waals surface area (Å²) >= 11 is 13.6. The van der Waals surface area contributed by atoms with Crippen LogP contribution < -0.4 is 5.32 Å². The lowest BCUT2D eigenvalue weighted by Gasteiger charge is -2.33. The van der Waals surface area contributed by atoms with Crippen LogP contribution in [0.5, 0.6) is 0 Å². The van der Waals surface area contributed by atoms with Crippen LogP contribution in [0.2, 0.25) is 10.0 Å². The van der Waals surface area contributed by atoms with E-state index in [-0.39, 0.29) is 11.9 Å². The molecular weight excluding hydrogens is 367 g/mol. The van der Waals surface area contributed by atoms with Crippen LogP contribution in [0.3, 0.4) is 0 Å². The normalized spacial score (nSPS) is 27.0. The van der Waals surface area contributed by atoms with Crippen molar-refractivity contribution in [2.45, 2.75) is 43.0 Å². The number of halogens is 2. The summed E-state index contributed by atoms with van der Waals surface area (Å²) in [5.74, 6) is 1.14. The van der Waals surface area contributed by atoms with Crippen LogP contribution in [0.4, 0.5) is 4.79 Å². The quantitative estimate of drug-likeness (QED) is 0.608. The Labute approximate surface area is 156 Å². The molecule has 3 rings (SSSR count). The molecule has 0 unspecified atom stereocenters. The van der Waals surface area contributed by atoms with Crippen molar-refractivity contribution in [3.05, 3.63) is 28.2 Å². The second kappa shape index (κ2) is 7.14. The van der Waals surface area contributed by atoms with Crippen molar-refractivity contribution >= 4 is 46.9 Å². The van der Waals surface area contributed by atoms with E-state index in [4.69, 9.17) is 23.2 Å². The fourth-order valence-corrected chi connectivity index (χ4v) is 4.74. The van der Waals surface area contributed by atoms with Crippen molar-refractivity contribution in [2.24, 2.45) is 5.92 Å². The number of carbonyl (C=O) groups excluding carboxylic acids is 2. The highest BCUT2D eigenvalue weighted by atomic mass is 35.5. The minimum Gasteiger partial charge on any atom is -0.323 e. The van der Waals surface area contributed by atoms with Gasteiger partial charge >= 0.3 is 6.03 Å². The van der Waals surface area contributed by atoms with E-state index in [0.29, 0.717) is 28.3 Å². The molecule has 3 amide bonds. The fraction of sp³-hybridized carbons (Fsp3) is 0.529. The number of carbonyl (C=O) groups is 2. The Morgan fingerprint density at radius 3 is 2.71 bits per heavy atom. The van der Waals surface area contributed by atoms with Crippen molar-refractivity contribution in [3.8, 4) is 0 Å². The van der Waals surface area contributed by atoms with Gasteiger partial charge in [-0.25, -0.2) is 4.79 Å². The van der Waals surface area contributed by atoms with Crippen LogP contribution in [0, 0.1) is 5.92 Å². The zero-order chi connectivity index (χ0) is 17.3. The smallest absolute Gasteiger partial charge is 0.323 e. The molecule has 1 aliphatic carbocycles. The van der Waals surface area contributed by atoms with E-state index in [1.165, 1.54) is 16.7 Å². The number of amides is 3. The van der Waals surface area contributed by atoms with Crippen LogP contribution >= 0.6 is 35.0 Å². The minimum atomic E-state index is -0.665. The lowest BCUT2D eigenvalue weighted by Crippen LogP contribution is -2.49. The van der Waals surface area contributed by atoms with Gasteiger partial charge in [0.05, 0.1) is 5.02 Å². The van der Waals surface area contributed by atoms with Crippen molar-refractivity contribution in [3.63, 3.8) is 0 Å².